The Morgan fingerprint density at radius 1 is 0.963 bits per heavy atom. The molecule has 0 spiro atoms. The lowest BCUT2D eigenvalue weighted by molar-refractivity contribution is 0.171. The summed E-state index contributed by atoms with van der Waals surface area (Å²) in [6.45, 7) is 2.04. The fourth-order valence-corrected chi connectivity index (χ4v) is 3.82. The summed E-state index contributed by atoms with van der Waals surface area (Å²) in [5.41, 5.74) is 3.89. The number of furan rings is 1. The van der Waals surface area contributed by atoms with Crippen molar-refractivity contribution in [3.63, 3.8) is 0 Å². The average molecular weight is 359 g/mol. The second-order valence-electron chi connectivity index (χ2n) is 6.74. The van der Waals surface area contributed by atoms with E-state index in [4.69, 9.17) is 19.0 Å². The Balaban J connectivity index is 1.50. The Morgan fingerprint density at radius 2 is 1.85 bits per heavy atom. The van der Waals surface area contributed by atoms with Crippen molar-refractivity contribution in [3.05, 3.63) is 54.1 Å². The molecular formula is C21H17N3O3. The van der Waals surface area contributed by atoms with E-state index in [-0.39, 0.29) is 0 Å². The number of anilines is 1. The summed E-state index contributed by atoms with van der Waals surface area (Å²) in [6, 6.07) is 16.0. The van der Waals surface area contributed by atoms with Gasteiger partial charge in [0.15, 0.2) is 17.3 Å². The van der Waals surface area contributed by atoms with Crippen LogP contribution in [0.4, 0.5) is 5.82 Å². The van der Waals surface area contributed by atoms with Gasteiger partial charge in [0.2, 0.25) is 0 Å². The van der Waals surface area contributed by atoms with E-state index in [1.54, 1.807) is 0 Å². The molecule has 0 saturated heterocycles. The van der Waals surface area contributed by atoms with Crippen molar-refractivity contribution in [1.82, 2.24) is 9.78 Å². The molecule has 2 aliphatic rings. The number of hydrogen-bond acceptors (Lipinski definition) is 5. The van der Waals surface area contributed by atoms with Crippen LogP contribution in [0.25, 0.3) is 28.1 Å². The molecule has 6 nitrogen and oxygen atoms in total. The van der Waals surface area contributed by atoms with Crippen LogP contribution in [0.15, 0.2) is 52.9 Å². The molecule has 134 valence electrons. The molecule has 2 aromatic heterocycles. The van der Waals surface area contributed by atoms with Gasteiger partial charge in [-0.25, -0.2) is 4.68 Å². The number of fused-ring (bicyclic) bond motifs is 3. The molecule has 27 heavy (non-hydrogen) atoms. The number of nitrogens with zero attached hydrogens (tertiary/aromatic N) is 2. The van der Waals surface area contributed by atoms with E-state index in [9.17, 15) is 0 Å². The molecule has 0 amide bonds. The summed E-state index contributed by atoms with van der Waals surface area (Å²) in [7, 11) is 0. The van der Waals surface area contributed by atoms with Gasteiger partial charge in [-0.3, -0.25) is 0 Å². The average Bonchev–Trinajstić information content (AvgIpc) is 3.42. The van der Waals surface area contributed by atoms with Gasteiger partial charge in [0.05, 0.1) is 5.69 Å². The van der Waals surface area contributed by atoms with Gasteiger partial charge in [-0.2, -0.15) is 5.10 Å². The lowest BCUT2D eigenvalue weighted by atomic mass is 10.1. The van der Waals surface area contributed by atoms with Gasteiger partial charge in [-0.1, -0.05) is 18.2 Å². The van der Waals surface area contributed by atoms with Crippen molar-refractivity contribution in [2.75, 3.05) is 25.1 Å². The largest absolute Gasteiger partial charge is 0.486 e. The van der Waals surface area contributed by atoms with Crippen LogP contribution in [0.1, 0.15) is 5.56 Å². The molecule has 0 radical (unpaired) electrons. The zero-order valence-corrected chi connectivity index (χ0v) is 14.6. The molecule has 0 fully saturated rings. The summed E-state index contributed by atoms with van der Waals surface area (Å²) in [5, 5.41) is 9.42. The van der Waals surface area contributed by atoms with Gasteiger partial charge in [0.25, 0.3) is 0 Å². The molecule has 6 heteroatoms. The lowest BCUT2D eigenvalue weighted by Gasteiger charge is -2.19. The molecule has 0 aliphatic carbocycles. The summed E-state index contributed by atoms with van der Waals surface area (Å²) < 4.78 is 19.4. The van der Waals surface area contributed by atoms with Gasteiger partial charge in [0, 0.05) is 23.6 Å². The number of hydrogen-bond donors (Lipinski definition) is 1. The van der Waals surface area contributed by atoms with E-state index in [0.29, 0.717) is 13.2 Å². The number of ether oxygens (including phenoxy) is 2. The first-order chi connectivity index (χ1) is 13.4. The third kappa shape index (κ3) is 2.23. The molecule has 0 atom stereocenters. The minimum absolute atomic E-state index is 0.566. The van der Waals surface area contributed by atoms with Gasteiger partial charge >= 0.3 is 0 Å². The minimum Gasteiger partial charge on any atom is -0.486 e. The molecule has 4 aromatic rings. The molecule has 1 N–H and O–H groups in total. The number of nitrogens with one attached hydrogen (secondary N) is 1. The van der Waals surface area contributed by atoms with E-state index < -0.39 is 0 Å². The number of aromatic nitrogens is 2. The Kier molecular flexibility index (Phi) is 3.02. The molecule has 2 aliphatic heterocycles. The summed E-state index contributed by atoms with van der Waals surface area (Å²) in [6.07, 6.45) is 0.923. The van der Waals surface area contributed by atoms with Crippen molar-refractivity contribution >= 4 is 16.8 Å². The van der Waals surface area contributed by atoms with Crippen LogP contribution in [0.5, 0.6) is 11.5 Å². The van der Waals surface area contributed by atoms with E-state index in [1.165, 1.54) is 5.56 Å². The van der Waals surface area contributed by atoms with Gasteiger partial charge in [-0.15, -0.1) is 0 Å². The van der Waals surface area contributed by atoms with E-state index in [2.05, 4.69) is 17.4 Å². The fourth-order valence-electron chi connectivity index (χ4n) is 3.82. The quantitative estimate of drug-likeness (QED) is 0.586. The Hall–Kier alpha value is -3.41. The maximum Gasteiger partial charge on any atom is 0.163 e. The molecule has 0 bridgehead atoms. The summed E-state index contributed by atoms with van der Waals surface area (Å²) >= 11 is 0. The Labute approximate surface area is 155 Å². The third-order valence-electron chi connectivity index (χ3n) is 5.08. The van der Waals surface area contributed by atoms with E-state index >= 15 is 0 Å². The molecule has 6 rings (SSSR count). The van der Waals surface area contributed by atoms with Crippen molar-refractivity contribution in [2.45, 2.75) is 6.42 Å². The first-order valence-electron chi connectivity index (χ1n) is 9.11. The number of para-hydroxylation sites is 1. The predicted molar refractivity (Wildman–Crippen MR) is 102 cm³/mol. The van der Waals surface area contributed by atoms with Crippen molar-refractivity contribution in [3.8, 4) is 28.6 Å². The highest BCUT2D eigenvalue weighted by Crippen LogP contribution is 2.38. The van der Waals surface area contributed by atoms with Crippen LogP contribution in [-0.4, -0.2) is 29.5 Å². The highest BCUT2D eigenvalue weighted by Gasteiger charge is 2.26. The number of rotatable bonds is 2. The second kappa shape index (κ2) is 5.54. The summed E-state index contributed by atoms with van der Waals surface area (Å²) in [5.74, 6) is 3.35. The second-order valence-corrected chi connectivity index (χ2v) is 6.74. The Bertz CT molecular complexity index is 1140. The molecular weight excluding hydrogens is 342 g/mol. The SMILES string of the molecule is c1ccc2oc(-c3nn(-c4ccc5c(c4)OCCO5)c4c3CCN4)cc2c1. The van der Waals surface area contributed by atoms with Crippen molar-refractivity contribution in [2.24, 2.45) is 0 Å². The topological polar surface area (TPSA) is 61.5 Å². The monoisotopic (exact) mass is 359 g/mol. The minimum atomic E-state index is 0.566. The maximum atomic E-state index is 6.07. The smallest absolute Gasteiger partial charge is 0.163 e. The zero-order valence-electron chi connectivity index (χ0n) is 14.6. The first-order valence-corrected chi connectivity index (χ1v) is 9.11. The van der Waals surface area contributed by atoms with Crippen LogP contribution in [-0.2, 0) is 6.42 Å². The van der Waals surface area contributed by atoms with Crippen LogP contribution >= 0.6 is 0 Å². The van der Waals surface area contributed by atoms with Gasteiger partial charge < -0.3 is 19.2 Å². The van der Waals surface area contributed by atoms with Crippen molar-refractivity contribution < 1.29 is 13.9 Å². The van der Waals surface area contributed by atoms with Crippen molar-refractivity contribution in [1.29, 1.82) is 0 Å². The maximum absolute atomic E-state index is 6.07. The van der Waals surface area contributed by atoms with Crippen LogP contribution in [0.3, 0.4) is 0 Å². The highest BCUT2D eigenvalue weighted by molar-refractivity contribution is 5.83. The first kappa shape index (κ1) is 14.7. The molecule has 4 heterocycles. The highest BCUT2D eigenvalue weighted by atomic mass is 16.6. The lowest BCUT2D eigenvalue weighted by Crippen LogP contribution is -2.15. The molecule has 2 aromatic carbocycles. The summed E-state index contributed by atoms with van der Waals surface area (Å²) in [4.78, 5) is 0. The van der Waals surface area contributed by atoms with Crippen LogP contribution in [0.2, 0.25) is 0 Å². The van der Waals surface area contributed by atoms with E-state index in [1.807, 2.05) is 41.1 Å². The fraction of sp³-hybridized carbons (Fsp3) is 0.190. The van der Waals surface area contributed by atoms with Gasteiger partial charge in [0.1, 0.15) is 30.3 Å². The van der Waals surface area contributed by atoms with Crippen LogP contribution in [0, 0.1) is 0 Å². The van der Waals surface area contributed by atoms with Crippen LogP contribution < -0.4 is 14.8 Å². The normalized spacial score (nSPS) is 15.0. The molecule has 0 saturated carbocycles. The predicted octanol–water partition coefficient (Wildman–Crippen LogP) is 4.02. The standard InChI is InChI=1S/C21H17N3O3/c1-2-4-16-13(3-1)11-19(27-16)20-15-7-8-22-21(15)24(23-20)14-5-6-17-18(12-14)26-10-9-25-17/h1-6,11-12,22H,7-10H2. The zero-order chi connectivity index (χ0) is 17.8. The third-order valence-corrected chi connectivity index (χ3v) is 5.08. The Morgan fingerprint density at radius 3 is 2.78 bits per heavy atom. The van der Waals surface area contributed by atoms with E-state index in [0.717, 1.165) is 58.4 Å². The number of benzene rings is 2. The molecule has 0 unspecified atom stereocenters. The van der Waals surface area contributed by atoms with Gasteiger partial charge in [-0.05, 0) is 30.7 Å².